The van der Waals surface area contributed by atoms with E-state index in [2.05, 4.69) is 0 Å². The maximum Gasteiger partial charge on any atom is 0.253 e. The Bertz CT molecular complexity index is 450. The first-order valence-corrected chi connectivity index (χ1v) is 6.97. The van der Waals surface area contributed by atoms with Crippen LogP contribution < -0.4 is 4.74 Å². The molecule has 102 valence electrons. The van der Waals surface area contributed by atoms with Gasteiger partial charge in [0.15, 0.2) is 0 Å². The molecule has 1 amide bonds. The fraction of sp³-hybridized carbons (Fsp3) is 0.533. The summed E-state index contributed by atoms with van der Waals surface area (Å²) in [4.78, 5) is 13.9. The van der Waals surface area contributed by atoms with Crippen molar-refractivity contribution in [3.63, 3.8) is 0 Å². The molecule has 0 spiro atoms. The van der Waals surface area contributed by atoms with Crippen LogP contribution in [-0.4, -0.2) is 43.2 Å². The molecule has 2 heterocycles. The Morgan fingerprint density at radius 2 is 2.26 bits per heavy atom. The molecule has 2 saturated heterocycles. The van der Waals surface area contributed by atoms with Crippen molar-refractivity contribution in [1.82, 2.24) is 4.90 Å². The maximum absolute atomic E-state index is 12.1. The van der Waals surface area contributed by atoms with Crippen molar-refractivity contribution in [1.29, 1.82) is 0 Å². The molecule has 0 aliphatic carbocycles. The molecule has 0 bridgehead atoms. The third-order valence-corrected chi connectivity index (χ3v) is 3.68. The number of carbonyl (C=O) groups is 1. The summed E-state index contributed by atoms with van der Waals surface area (Å²) in [7, 11) is 0. The normalized spacial score (nSPS) is 22.1. The van der Waals surface area contributed by atoms with Crippen LogP contribution in [0.25, 0.3) is 0 Å². The van der Waals surface area contributed by atoms with Crippen molar-refractivity contribution in [3.8, 4) is 5.75 Å². The van der Waals surface area contributed by atoms with Gasteiger partial charge in [0.05, 0.1) is 6.10 Å². The van der Waals surface area contributed by atoms with Gasteiger partial charge >= 0.3 is 0 Å². The molecular weight excluding hydrogens is 242 g/mol. The van der Waals surface area contributed by atoms with E-state index < -0.39 is 0 Å². The van der Waals surface area contributed by atoms with E-state index in [0.717, 1.165) is 44.7 Å². The van der Waals surface area contributed by atoms with Crippen LogP contribution in [0.2, 0.25) is 0 Å². The van der Waals surface area contributed by atoms with Gasteiger partial charge in [-0.2, -0.15) is 0 Å². The molecule has 0 aromatic heterocycles. The zero-order chi connectivity index (χ0) is 13.1. The molecule has 4 heteroatoms. The molecule has 1 unspecified atom stereocenters. The lowest BCUT2D eigenvalue weighted by molar-refractivity contribution is 0.0646. The average Bonchev–Trinajstić information content (AvgIpc) is 2.88. The summed E-state index contributed by atoms with van der Waals surface area (Å²) >= 11 is 0. The standard InChI is InChI=1S/C15H19NO3/c17-15(16-7-3-8-16)12-4-1-5-13(10-12)19-11-14-6-2-9-18-14/h1,4-5,10,14H,2-3,6-9,11H2. The second kappa shape index (κ2) is 5.61. The summed E-state index contributed by atoms with van der Waals surface area (Å²) in [6, 6.07) is 7.44. The van der Waals surface area contributed by atoms with Gasteiger partial charge < -0.3 is 14.4 Å². The van der Waals surface area contributed by atoms with Gasteiger partial charge in [0.25, 0.3) is 5.91 Å². The molecule has 2 aliphatic heterocycles. The lowest BCUT2D eigenvalue weighted by Gasteiger charge is -2.31. The van der Waals surface area contributed by atoms with Crippen LogP contribution in [0.1, 0.15) is 29.6 Å². The Balaban J connectivity index is 1.60. The predicted molar refractivity (Wildman–Crippen MR) is 71.4 cm³/mol. The second-order valence-corrected chi connectivity index (χ2v) is 5.12. The Labute approximate surface area is 113 Å². The SMILES string of the molecule is O=C(c1cccc(OCC2CCCO2)c1)N1CCC1. The highest BCUT2D eigenvalue weighted by Gasteiger charge is 2.22. The van der Waals surface area contributed by atoms with Gasteiger partial charge in [-0.1, -0.05) is 6.07 Å². The van der Waals surface area contributed by atoms with Crippen LogP contribution in [0.15, 0.2) is 24.3 Å². The minimum absolute atomic E-state index is 0.105. The Morgan fingerprint density at radius 1 is 1.37 bits per heavy atom. The number of likely N-dealkylation sites (tertiary alicyclic amines) is 1. The Kier molecular flexibility index (Phi) is 3.69. The molecular formula is C15H19NO3. The summed E-state index contributed by atoms with van der Waals surface area (Å²) in [6.45, 7) is 3.16. The number of nitrogens with zero attached hydrogens (tertiary/aromatic N) is 1. The zero-order valence-corrected chi connectivity index (χ0v) is 11.0. The molecule has 3 rings (SSSR count). The van der Waals surface area contributed by atoms with E-state index in [0.29, 0.717) is 12.2 Å². The van der Waals surface area contributed by atoms with E-state index in [1.807, 2.05) is 29.2 Å². The van der Waals surface area contributed by atoms with Gasteiger partial charge in [0.1, 0.15) is 12.4 Å². The van der Waals surface area contributed by atoms with Crippen LogP contribution in [0.4, 0.5) is 0 Å². The molecule has 0 saturated carbocycles. The molecule has 2 fully saturated rings. The van der Waals surface area contributed by atoms with Crippen molar-refractivity contribution in [2.45, 2.75) is 25.4 Å². The fourth-order valence-electron chi connectivity index (χ4n) is 2.39. The van der Waals surface area contributed by atoms with E-state index in [1.54, 1.807) is 0 Å². The minimum Gasteiger partial charge on any atom is -0.491 e. The molecule has 1 aromatic rings. The van der Waals surface area contributed by atoms with Crippen LogP contribution in [0.5, 0.6) is 5.75 Å². The quantitative estimate of drug-likeness (QED) is 0.833. The van der Waals surface area contributed by atoms with Crippen molar-refractivity contribution in [2.24, 2.45) is 0 Å². The van der Waals surface area contributed by atoms with Crippen molar-refractivity contribution in [3.05, 3.63) is 29.8 Å². The summed E-state index contributed by atoms with van der Waals surface area (Å²) in [5.74, 6) is 0.857. The number of hydrogen-bond acceptors (Lipinski definition) is 3. The second-order valence-electron chi connectivity index (χ2n) is 5.12. The number of benzene rings is 1. The van der Waals surface area contributed by atoms with Gasteiger partial charge in [-0.05, 0) is 37.5 Å². The molecule has 0 radical (unpaired) electrons. The number of hydrogen-bond donors (Lipinski definition) is 0. The van der Waals surface area contributed by atoms with E-state index in [-0.39, 0.29) is 12.0 Å². The maximum atomic E-state index is 12.1. The predicted octanol–water partition coefficient (Wildman–Crippen LogP) is 2.09. The molecule has 19 heavy (non-hydrogen) atoms. The zero-order valence-electron chi connectivity index (χ0n) is 11.0. The van der Waals surface area contributed by atoms with E-state index in [9.17, 15) is 4.79 Å². The minimum atomic E-state index is 0.105. The smallest absolute Gasteiger partial charge is 0.253 e. The van der Waals surface area contributed by atoms with Crippen molar-refractivity contribution in [2.75, 3.05) is 26.3 Å². The monoisotopic (exact) mass is 261 g/mol. The number of ether oxygens (including phenoxy) is 2. The summed E-state index contributed by atoms with van der Waals surface area (Å²) in [5, 5.41) is 0. The van der Waals surface area contributed by atoms with Gasteiger partial charge in [0.2, 0.25) is 0 Å². The third kappa shape index (κ3) is 2.89. The topological polar surface area (TPSA) is 38.8 Å². The highest BCUT2D eigenvalue weighted by atomic mass is 16.5. The van der Waals surface area contributed by atoms with Gasteiger partial charge in [0, 0.05) is 25.3 Å². The van der Waals surface area contributed by atoms with Crippen molar-refractivity contribution < 1.29 is 14.3 Å². The molecule has 4 nitrogen and oxygen atoms in total. The first kappa shape index (κ1) is 12.5. The fourth-order valence-corrected chi connectivity index (χ4v) is 2.39. The average molecular weight is 261 g/mol. The first-order chi connectivity index (χ1) is 9.33. The van der Waals surface area contributed by atoms with Gasteiger partial charge in [-0.3, -0.25) is 4.79 Å². The third-order valence-electron chi connectivity index (χ3n) is 3.68. The largest absolute Gasteiger partial charge is 0.491 e. The number of carbonyl (C=O) groups excluding carboxylic acids is 1. The summed E-state index contributed by atoms with van der Waals surface area (Å²) in [6.07, 6.45) is 3.49. The number of amides is 1. The lowest BCUT2D eigenvalue weighted by Crippen LogP contribution is -2.41. The first-order valence-electron chi connectivity index (χ1n) is 6.97. The molecule has 0 N–H and O–H groups in total. The summed E-state index contributed by atoms with van der Waals surface area (Å²) < 4.78 is 11.2. The molecule has 1 atom stereocenters. The van der Waals surface area contributed by atoms with Gasteiger partial charge in [-0.15, -0.1) is 0 Å². The molecule has 1 aromatic carbocycles. The lowest BCUT2D eigenvalue weighted by atomic mass is 10.1. The summed E-state index contributed by atoms with van der Waals surface area (Å²) in [5.41, 5.74) is 0.713. The van der Waals surface area contributed by atoms with E-state index in [4.69, 9.17) is 9.47 Å². The Morgan fingerprint density at radius 3 is 2.95 bits per heavy atom. The van der Waals surface area contributed by atoms with Crippen LogP contribution in [0.3, 0.4) is 0 Å². The highest BCUT2D eigenvalue weighted by molar-refractivity contribution is 5.95. The van der Waals surface area contributed by atoms with Crippen LogP contribution >= 0.6 is 0 Å². The Hall–Kier alpha value is -1.55. The number of rotatable bonds is 4. The highest BCUT2D eigenvalue weighted by Crippen LogP contribution is 2.19. The van der Waals surface area contributed by atoms with E-state index >= 15 is 0 Å². The molecule has 2 aliphatic rings. The van der Waals surface area contributed by atoms with Gasteiger partial charge in [-0.25, -0.2) is 0 Å². The van der Waals surface area contributed by atoms with E-state index in [1.165, 1.54) is 0 Å². The van der Waals surface area contributed by atoms with Crippen LogP contribution in [0, 0.1) is 0 Å². The van der Waals surface area contributed by atoms with Crippen LogP contribution in [-0.2, 0) is 4.74 Å². The van der Waals surface area contributed by atoms with Crippen molar-refractivity contribution >= 4 is 5.91 Å².